The molecule has 4 N–H and O–H groups in total. The van der Waals surface area contributed by atoms with Crippen molar-refractivity contribution >= 4 is 11.8 Å². The Morgan fingerprint density at radius 2 is 1.89 bits per heavy atom. The fraction of sp³-hybridized carbons (Fsp3) is 0.857. The molecule has 1 aliphatic rings. The number of carbonyl (C=O) groups is 2. The Morgan fingerprint density at radius 1 is 1.16 bits per heavy atom. The van der Waals surface area contributed by atoms with Gasteiger partial charge in [-0.3, -0.25) is 9.59 Å². The van der Waals surface area contributed by atoms with E-state index < -0.39 is 0 Å². The second-order valence-electron chi connectivity index (χ2n) is 5.66. The van der Waals surface area contributed by atoms with Gasteiger partial charge in [0.15, 0.2) is 0 Å². The molecular weight excluding hydrogens is 242 g/mol. The molecule has 2 amide bonds. The topological polar surface area (TPSA) is 84.2 Å². The molecule has 1 aliphatic carbocycles. The van der Waals surface area contributed by atoms with Crippen molar-refractivity contribution in [2.45, 2.75) is 52.0 Å². The third-order valence-electron chi connectivity index (χ3n) is 3.57. The molecule has 1 fully saturated rings. The van der Waals surface area contributed by atoms with E-state index in [9.17, 15) is 9.59 Å². The fourth-order valence-electron chi connectivity index (χ4n) is 2.67. The van der Waals surface area contributed by atoms with Crippen molar-refractivity contribution in [3.05, 3.63) is 0 Å². The summed E-state index contributed by atoms with van der Waals surface area (Å²) in [6.45, 7) is 5.25. The van der Waals surface area contributed by atoms with Gasteiger partial charge in [-0.25, -0.2) is 0 Å². The number of nitrogens with two attached hydrogens (primary N) is 1. The summed E-state index contributed by atoms with van der Waals surface area (Å²) in [4.78, 5) is 23.4. The summed E-state index contributed by atoms with van der Waals surface area (Å²) in [6, 6.07) is 0.132. The highest BCUT2D eigenvalue weighted by atomic mass is 16.2. The van der Waals surface area contributed by atoms with E-state index in [2.05, 4.69) is 17.6 Å². The third-order valence-corrected chi connectivity index (χ3v) is 3.57. The van der Waals surface area contributed by atoms with Crippen molar-refractivity contribution in [2.24, 2.45) is 17.6 Å². The minimum Gasteiger partial charge on any atom is -0.356 e. The maximum atomic E-state index is 12.0. The predicted molar refractivity (Wildman–Crippen MR) is 75.4 cm³/mol. The van der Waals surface area contributed by atoms with Gasteiger partial charge in [-0.05, 0) is 31.6 Å². The lowest BCUT2D eigenvalue weighted by atomic mass is 9.79. The second-order valence-corrected chi connectivity index (χ2v) is 5.66. The average Bonchev–Trinajstić information content (AvgIpc) is 2.35. The Kier molecular flexibility index (Phi) is 6.84. The summed E-state index contributed by atoms with van der Waals surface area (Å²) >= 11 is 0. The summed E-state index contributed by atoms with van der Waals surface area (Å²) in [6.07, 6.45) is 3.94. The molecule has 19 heavy (non-hydrogen) atoms. The number of nitrogens with one attached hydrogen (secondary N) is 2. The number of hydrogen-bond acceptors (Lipinski definition) is 3. The van der Waals surface area contributed by atoms with Crippen LogP contribution in [0.2, 0.25) is 0 Å². The van der Waals surface area contributed by atoms with Crippen LogP contribution >= 0.6 is 0 Å². The Bertz CT molecular complexity index is 297. The van der Waals surface area contributed by atoms with Crippen LogP contribution in [0.5, 0.6) is 0 Å². The Labute approximate surface area is 115 Å². The number of hydrogen-bond donors (Lipinski definition) is 3. The summed E-state index contributed by atoms with van der Waals surface area (Å²) in [5.41, 5.74) is 5.94. The van der Waals surface area contributed by atoms with Gasteiger partial charge in [-0.15, -0.1) is 0 Å². The monoisotopic (exact) mass is 269 g/mol. The smallest absolute Gasteiger partial charge is 0.223 e. The van der Waals surface area contributed by atoms with Crippen molar-refractivity contribution < 1.29 is 9.59 Å². The lowest BCUT2D eigenvalue weighted by Gasteiger charge is -2.30. The summed E-state index contributed by atoms with van der Waals surface area (Å²) in [5.74, 6) is 0.561. The van der Waals surface area contributed by atoms with Crippen LogP contribution in [0.4, 0.5) is 0 Å². The highest BCUT2D eigenvalue weighted by Gasteiger charge is 2.28. The molecule has 0 bridgehead atoms. The number of carbonyl (C=O) groups excluding carboxylic acids is 2. The molecule has 0 aromatic rings. The van der Waals surface area contributed by atoms with E-state index in [1.807, 2.05) is 6.92 Å². The van der Waals surface area contributed by atoms with Gasteiger partial charge in [0.25, 0.3) is 0 Å². The van der Waals surface area contributed by atoms with Crippen LogP contribution < -0.4 is 16.4 Å². The van der Waals surface area contributed by atoms with Gasteiger partial charge >= 0.3 is 0 Å². The molecule has 0 aromatic carbocycles. The maximum Gasteiger partial charge on any atom is 0.223 e. The zero-order valence-electron chi connectivity index (χ0n) is 12.1. The van der Waals surface area contributed by atoms with Crippen molar-refractivity contribution in [1.82, 2.24) is 10.6 Å². The molecule has 1 saturated carbocycles. The lowest BCUT2D eigenvalue weighted by Crippen LogP contribution is -2.41. The summed E-state index contributed by atoms with van der Waals surface area (Å²) in [7, 11) is 0. The molecule has 0 aliphatic heterocycles. The first-order valence-electron chi connectivity index (χ1n) is 7.32. The molecule has 0 spiro atoms. The van der Waals surface area contributed by atoms with Gasteiger partial charge in [-0.2, -0.15) is 0 Å². The van der Waals surface area contributed by atoms with Gasteiger partial charge in [0.2, 0.25) is 11.8 Å². The molecule has 0 aromatic heterocycles. The summed E-state index contributed by atoms with van der Waals surface area (Å²) in [5, 5.41) is 5.63. The molecular formula is C14H27N3O2. The zero-order valence-corrected chi connectivity index (χ0v) is 12.1. The minimum atomic E-state index is -0.00383. The van der Waals surface area contributed by atoms with Gasteiger partial charge < -0.3 is 16.4 Å². The van der Waals surface area contributed by atoms with Gasteiger partial charge in [-0.1, -0.05) is 13.8 Å². The first-order valence-corrected chi connectivity index (χ1v) is 7.32. The van der Waals surface area contributed by atoms with E-state index >= 15 is 0 Å². The molecule has 3 atom stereocenters. The molecule has 110 valence electrons. The highest BCUT2D eigenvalue weighted by molar-refractivity contribution is 5.80. The molecule has 3 unspecified atom stereocenters. The van der Waals surface area contributed by atoms with Crippen molar-refractivity contribution in [3.63, 3.8) is 0 Å². The lowest BCUT2D eigenvalue weighted by molar-refractivity contribution is -0.126. The van der Waals surface area contributed by atoms with Crippen molar-refractivity contribution in [3.8, 4) is 0 Å². The normalized spacial score (nSPS) is 26.8. The molecule has 5 nitrogen and oxygen atoms in total. The van der Waals surface area contributed by atoms with Crippen LogP contribution in [0.15, 0.2) is 0 Å². The Hall–Kier alpha value is -1.10. The average molecular weight is 269 g/mol. The van der Waals surface area contributed by atoms with Gasteiger partial charge in [0.1, 0.15) is 0 Å². The predicted octanol–water partition coefficient (Wildman–Crippen LogP) is 0.782. The maximum absolute atomic E-state index is 12.0. The standard InChI is InChI=1S/C14H27N3O2/c1-3-5-16-13(18)4-6-17-14(19)11-7-10(2)8-12(15)9-11/h10-12H,3-9,15H2,1-2H3,(H,16,18)(H,17,19). The zero-order chi connectivity index (χ0) is 14.3. The van der Waals surface area contributed by atoms with Crippen LogP contribution in [0.1, 0.15) is 46.0 Å². The van der Waals surface area contributed by atoms with Crippen LogP contribution in [0, 0.1) is 11.8 Å². The van der Waals surface area contributed by atoms with E-state index in [0.717, 1.165) is 25.7 Å². The van der Waals surface area contributed by atoms with E-state index in [1.165, 1.54) is 0 Å². The molecule has 0 heterocycles. The van der Waals surface area contributed by atoms with E-state index in [-0.39, 0.29) is 23.8 Å². The fourth-order valence-corrected chi connectivity index (χ4v) is 2.67. The van der Waals surface area contributed by atoms with E-state index in [1.54, 1.807) is 0 Å². The molecule has 0 radical (unpaired) electrons. The number of rotatable bonds is 6. The first-order chi connectivity index (χ1) is 9.02. The first kappa shape index (κ1) is 16.0. The summed E-state index contributed by atoms with van der Waals surface area (Å²) < 4.78 is 0. The van der Waals surface area contributed by atoms with Crippen LogP contribution in [0.3, 0.4) is 0 Å². The minimum absolute atomic E-state index is 0.00383. The highest BCUT2D eigenvalue weighted by Crippen LogP contribution is 2.27. The molecule has 0 saturated heterocycles. The second kappa shape index (κ2) is 8.15. The van der Waals surface area contributed by atoms with Gasteiger partial charge in [0.05, 0.1) is 0 Å². The molecule has 5 heteroatoms. The largest absolute Gasteiger partial charge is 0.356 e. The van der Waals surface area contributed by atoms with Gasteiger partial charge in [0, 0.05) is 31.5 Å². The molecule has 1 rings (SSSR count). The van der Waals surface area contributed by atoms with Crippen LogP contribution in [0.25, 0.3) is 0 Å². The van der Waals surface area contributed by atoms with Crippen molar-refractivity contribution in [2.75, 3.05) is 13.1 Å². The quantitative estimate of drug-likeness (QED) is 0.666. The van der Waals surface area contributed by atoms with E-state index in [0.29, 0.717) is 25.4 Å². The number of amides is 2. The van der Waals surface area contributed by atoms with Crippen LogP contribution in [-0.2, 0) is 9.59 Å². The Balaban J connectivity index is 2.21. The van der Waals surface area contributed by atoms with Crippen molar-refractivity contribution in [1.29, 1.82) is 0 Å². The van der Waals surface area contributed by atoms with Crippen LogP contribution in [-0.4, -0.2) is 30.9 Å². The Morgan fingerprint density at radius 3 is 2.53 bits per heavy atom. The van der Waals surface area contributed by atoms with E-state index in [4.69, 9.17) is 5.73 Å². The third kappa shape index (κ3) is 6.05. The SMILES string of the molecule is CCCNC(=O)CCNC(=O)C1CC(C)CC(N)C1.